The molecule has 2 amide bonds. The molecule has 1 aromatic rings. The van der Waals surface area contributed by atoms with Crippen molar-refractivity contribution in [1.29, 1.82) is 0 Å². The Labute approximate surface area is 116 Å². The standard InChI is InChI=1S/C13H16N2O3S/c1-3-14-12(17)9-15(2)13(18)11-7-6-10(19-11)5-4-8-16/h6-7,16H,3,8-9H2,1-2H3,(H,14,17). The van der Waals surface area contributed by atoms with Crippen molar-refractivity contribution in [2.45, 2.75) is 6.92 Å². The van der Waals surface area contributed by atoms with Gasteiger partial charge in [-0.3, -0.25) is 9.59 Å². The lowest BCUT2D eigenvalue weighted by molar-refractivity contribution is -0.121. The highest BCUT2D eigenvalue weighted by molar-refractivity contribution is 7.14. The molecule has 0 saturated carbocycles. The predicted molar refractivity (Wildman–Crippen MR) is 73.9 cm³/mol. The fourth-order valence-corrected chi connectivity index (χ4v) is 2.25. The van der Waals surface area contributed by atoms with Crippen molar-refractivity contribution in [3.05, 3.63) is 21.9 Å². The monoisotopic (exact) mass is 280 g/mol. The Bertz CT molecular complexity index is 513. The van der Waals surface area contributed by atoms with Crippen LogP contribution in [0.3, 0.4) is 0 Å². The largest absolute Gasteiger partial charge is 0.384 e. The zero-order valence-electron chi connectivity index (χ0n) is 10.9. The molecule has 0 aliphatic carbocycles. The maximum atomic E-state index is 12.0. The molecule has 1 aromatic heterocycles. The number of likely N-dealkylation sites (N-methyl/N-ethyl adjacent to an activating group) is 2. The van der Waals surface area contributed by atoms with Crippen LogP contribution in [-0.4, -0.2) is 48.6 Å². The molecule has 0 saturated heterocycles. The molecule has 0 aliphatic rings. The Kier molecular flexibility index (Phi) is 6.06. The van der Waals surface area contributed by atoms with Gasteiger partial charge in [0.2, 0.25) is 5.91 Å². The Hall–Kier alpha value is -1.84. The average molecular weight is 280 g/mol. The molecule has 1 rings (SSSR count). The number of hydrogen-bond acceptors (Lipinski definition) is 4. The summed E-state index contributed by atoms with van der Waals surface area (Å²) in [5.41, 5.74) is 0. The highest BCUT2D eigenvalue weighted by Gasteiger charge is 2.16. The smallest absolute Gasteiger partial charge is 0.264 e. The van der Waals surface area contributed by atoms with E-state index in [1.54, 1.807) is 19.2 Å². The van der Waals surface area contributed by atoms with E-state index in [9.17, 15) is 9.59 Å². The van der Waals surface area contributed by atoms with Gasteiger partial charge in [-0.15, -0.1) is 11.3 Å². The number of aliphatic hydroxyl groups excluding tert-OH is 1. The summed E-state index contributed by atoms with van der Waals surface area (Å²) >= 11 is 1.24. The molecule has 6 heteroatoms. The maximum absolute atomic E-state index is 12.0. The average Bonchev–Trinajstić information content (AvgIpc) is 2.84. The van der Waals surface area contributed by atoms with Crippen LogP contribution in [0.4, 0.5) is 0 Å². The lowest BCUT2D eigenvalue weighted by Gasteiger charge is -2.15. The Balaban J connectivity index is 2.66. The number of amides is 2. The van der Waals surface area contributed by atoms with Gasteiger partial charge >= 0.3 is 0 Å². The van der Waals surface area contributed by atoms with Gasteiger partial charge in [0, 0.05) is 13.6 Å². The van der Waals surface area contributed by atoms with Gasteiger partial charge in [-0.2, -0.15) is 0 Å². The minimum Gasteiger partial charge on any atom is -0.384 e. The first-order valence-corrected chi connectivity index (χ1v) is 6.61. The topological polar surface area (TPSA) is 69.6 Å². The van der Waals surface area contributed by atoms with Crippen LogP contribution in [0.5, 0.6) is 0 Å². The van der Waals surface area contributed by atoms with Crippen LogP contribution in [0.15, 0.2) is 12.1 Å². The third-order valence-corrected chi connectivity index (χ3v) is 3.20. The highest BCUT2D eigenvalue weighted by atomic mass is 32.1. The number of thiophene rings is 1. The van der Waals surface area contributed by atoms with Crippen LogP contribution in [-0.2, 0) is 4.79 Å². The molecule has 0 fully saturated rings. The Morgan fingerprint density at radius 1 is 1.47 bits per heavy atom. The van der Waals surface area contributed by atoms with Crippen molar-refractivity contribution in [2.75, 3.05) is 26.7 Å². The van der Waals surface area contributed by atoms with Gasteiger partial charge in [-0.05, 0) is 19.1 Å². The lowest BCUT2D eigenvalue weighted by atomic mass is 10.3. The maximum Gasteiger partial charge on any atom is 0.264 e. The van der Waals surface area contributed by atoms with E-state index in [1.807, 2.05) is 6.92 Å². The summed E-state index contributed by atoms with van der Waals surface area (Å²) in [7, 11) is 1.58. The van der Waals surface area contributed by atoms with E-state index in [4.69, 9.17) is 5.11 Å². The van der Waals surface area contributed by atoms with Crippen molar-refractivity contribution in [1.82, 2.24) is 10.2 Å². The van der Waals surface area contributed by atoms with Gasteiger partial charge in [0.1, 0.15) is 6.61 Å². The zero-order chi connectivity index (χ0) is 14.3. The van der Waals surface area contributed by atoms with Gasteiger partial charge in [0.25, 0.3) is 5.91 Å². The highest BCUT2D eigenvalue weighted by Crippen LogP contribution is 2.16. The van der Waals surface area contributed by atoms with Crippen LogP contribution in [0, 0.1) is 11.8 Å². The minimum atomic E-state index is -0.215. The first-order chi connectivity index (χ1) is 9.08. The molecule has 0 aromatic carbocycles. The third kappa shape index (κ3) is 4.73. The minimum absolute atomic E-state index is 0.0300. The van der Waals surface area contributed by atoms with Crippen LogP contribution >= 0.6 is 11.3 Å². The summed E-state index contributed by atoms with van der Waals surface area (Å²) in [5.74, 6) is 4.86. The number of nitrogens with zero attached hydrogens (tertiary/aromatic N) is 1. The molecule has 19 heavy (non-hydrogen) atoms. The van der Waals surface area contributed by atoms with E-state index in [2.05, 4.69) is 17.2 Å². The second kappa shape index (κ2) is 7.56. The summed E-state index contributed by atoms with van der Waals surface area (Å²) in [4.78, 5) is 26.0. The van der Waals surface area contributed by atoms with Gasteiger partial charge in [-0.25, -0.2) is 0 Å². The number of carbonyl (C=O) groups excluding carboxylic acids is 2. The van der Waals surface area contributed by atoms with Crippen molar-refractivity contribution < 1.29 is 14.7 Å². The van der Waals surface area contributed by atoms with E-state index in [-0.39, 0.29) is 25.0 Å². The van der Waals surface area contributed by atoms with E-state index in [0.717, 1.165) is 0 Å². The number of hydrogen-bond donors (Lipinski definition) is 2. The first-order valence-electron chi connectivity index (χ1n) is 5.80. The zero-order valence-corrected chi connectivity index (χ0v) is 11.7. The Morgan fingerprint density at radius 3 is 2.84 bits per heavy atom. The molecule has 102 valence electrons. The molecule has 0 radical (unpaired) electrons. The van der Waals surface area contributed by atoms with Crippen LogP contribution in [0.2, 0.25) is 0 Å². The van der Waals surface area contributed by atoms with Crippen molar-refractivity contribution in [2.24, 2.45) is 0 Å². The SMILES string of the molecule is CCNC(=O)CN(C)C(=O)c1ccc(C#CCO)s1. The van der Waals surface area contributed by atoms with Crippen molar-refractivity contribution in [3.8, 4) is 11.8 Å². The van der Waals surface area contributed by atoms with Crippen molar-refractivity contribution in [3.63, 3.8) is 0 Å². The van der Waals surface area contributed by atoms with Crippen LogP contribution in [0.1, 0.15) is 21.5 Å². The summed E-state index contributed by atoms with van der Waals surface area (Å²) in [6.07, 6.45) is 0. The number of aliphatic hydroxyl groups is 1. The van der Waals surface area contributed by atoms with E-state index in [0.29, 0.717) is 16.3 Å². The van der Waals surface area contributed by atoms with Gasteiger partial charge < -0.3 is 15.3 Å². The number of nitrogens with one attached hydrogen (secondary N) is 1. The van der Waals surface area contributed by atoms with Crippen LogP contribution < -0.4 is 5.32 Å². The summed E-state index contributed by atoms with van der Waals surface area (Å²) in [5, 5.41) is 11.2. The third-order valence-electron chi connectivity index (χ3n) is 2.21. The molecule has 0 spiro atoms. The van der Waals surface area contributed by atoms with Gasteiger partial charge in [-0.1, -0.05) is 11.8 Å². The van der Waals surface area contributed by atoms with Gasteiger partial charge in [0.05, 0.1) is 16.3 Å². The molecule has 0 aliphatic heterocycles. The second-order valence-electron chi connectivity index (χ2n) is 3.74. The summed E-state index contributed by atoms with van der Waals surface area (Å²) in [6, 6.07) is 3.39. The van der Waals surface area contributed by atoms with E-state index in [1.165, 1.54) is 16.2 Å². The molecule has 1 heterocycles. The second-order valence-corrected chi connectivity index (χ2v) is 4.82. The normalized spacial score (nSPS) is 9.42. The lowest BCUT2D eigenvalue weighted by Crippen LogP contribution is -2.37. The fourth-order valence-electron chi connectivity index (χ4n) is 1.38. The molecule has 5 nitrogen and oxygen atoms in total. The molecule has 0 unspecified atom stereocenters. The van der Waals surface area contributed by atoms with Crippen molar-refractivity contribution >= 4 is 23.2 Å². The summed E-state index contributed by atoms with van der Waals surface area (Å²) in [6.45, 7) is 2.19. The summed E-state index contributed by atoms with van der Waals surface area (Å²) < 4.78 is 0. The van der Waals surface area contributed by atoms with E-state index < -0.39 is 0 Å². The molecular weight excluding hydrogens is 264 g/mol. The fraction of sp³-hybridized carbons (Fsp3) is 0.385. The van der Waals surface area contributed by atoms with Crippen LogP contribution in [0.25, 0.3) is 0 Å². The molecular formula is C13H16N2O3S. The predicted octanol–water partition coefficient (Wildman–Crippen LogP) is 0.300. The molecule has 0 atom stereocenters. The van der Waals surface area contributed by atoms with E-state index >= 15 is 0 Å². The molecule has 2 N–H and O–H groups in total. The Morgan fingerprint density at radius 2 is 2.21 bits per heavy atom. The number of carbonyl (C=O) groups is 2. The quantitative estimate of drug-likeness (QED) is 0.779. The first kappa shape index (κ1) is 15.2. The van der Waals surface area contributed by atoms with Gasteiger partial charge in [0.15, 0.2) is 0 Å². The number of rotatable bonds is 4. The molecule has 0 bridgehead atoms.